The Morgan fingerprint density at radius 1 is 0.951 bits per heavy atom. The summed E-state index contributed by atoms with van der Waals surface area (Å²) in [6.07, 6.45) is -0.815. The topological polar surface area (TPSA) is 134 Å². The number of carbonyl (C=O) groups excluding carboxylic acids is 5. The third kappa shape index (κ3) is 10.3. The van der Waals surface area contributed by atoms with Crippen molar-refractivity contribution in [1.82, 2.24) is 20.4 Å². The average molecular weight is 567 g/mol. The number of piperidine rings is 1. The van der Waals surface area contributed by atoms with Crippen molar-refractivity contribution < 1.29 is 33.4 Å². The number of nitrogens with zero attached hydrogens (tertiary/aromatic N) is 2. The predicted octanol–water partition coefficient (Wildman–Crippen LogP) is 2.88. The van der Waals surface area contributed by atoms with Crippen LogP contribution in [0.5, 0.6) is 0 Å². The van der Waals surface area contributed by atoms with E-state index in [4.69, 9.17) is 9.47 Å². The molecule has 2 aromatic carbocycles. The molecule has 1 aliphatic heterocycles. The summed E-state index contributed by atoms with van der Waals surface area (Å²) in [5.74, 6) is -1.13. The summed E-state index contributed by atoms with van der Waals surface area (Å²) in [6, 6.07) is 16.7. The maximum absolute atomic E-state index is 13.0. The van der Waals surface area contributed by atoms with E-state index in [9.17, 15) is 24.0 Å². The first kappa shape index (κ1) is 31.1. The molecule has 0 aromatic heterocycles. The summed E-state index contributed by atoms with van der Waals surface area (Å²) in [5, 5.41) is 5.33. The van der Waals surface area contributed by atoms with Crippen LogP contribution in [0.1, 0.15) is 37.8 Å². The second kappa shape index (κ2) is 15.4. The first-order valence-electron chi connectivity index (χ1n) is 13.6. The summed E-state index contributed by atoms with van der Waals surface area (Å²) in [5.41, 5.74) is 1.64. The lowest BCUT2D eigenvalue weighted by molar-refractivity contribution is -0.140. The van der Waals surface area contributed by atoms with Crippen molar-refractivity contribution in [3.05, 3.63) is 71.8 Å². The van der Waals surface area contributed by atoms with Crippen molar-refractivity contribution >= 4 is 29.8 Å². The SMILES string of the molecule is CC(C)C[C@H](NC(=O)OCc1ccccc1)C(=O)NC1CCN(C(=O)CN(C)C(=O)OCc2ccccc2)CC1=O. The molecule has 3 rings (SSSR count). The van der Waals surface area contributed by atoms with Crippen LogP contribution in [0.2, 0.25) is 0 Å². The molecular weight excluding hydrogens is 528 g/mol. The van der Waals surface area contributed by atoms with Crippen LogP contribution in [-0.4, -0.2) is 78.3 Å². The van der Waals surface area contributed by atoms with Gasteiger partial charge in [0.25, 0.3) is 0 Å². The van der Waals surface area contributed by atoms with E-state index in [1.165, 1.54) is 11.9 Å². The van der Waals surface area contributed by atoms with Crippen LogP contribution < -0.4 is 10.6 Å². The quantitative estimate of drug-likeness (QED) is 0.427. The summed E-state index contributed by atoms with van der Waals surface area (Å²) < 4.78 is 10.5. The number of amides is 4. The van der Waals surface area contributed by atoms with Gasteiger partial charge >= 0.3 is 12.2 Å². The molecule has 41 heavy (non-hydrogen) atoms. The number of benzene rings is 2. The Balaban J connectivity index is 1.45. The molecular formula is C30H38N4O7. The van der Waals surface area contributed by atoms with Crippen molar-refractivity contribution in [3.63, 3.8) is 0 Å². The zero-order chi connectivity index (χ0) is 29.8. The van der Waals surface area contributed by atoms with Gasteiger partial charge in [-0.25, -0.2) is 9.59 Å². The van der Waals surface area contributed by atoms with Crippen LogP contribution in [0.25, 0.3) is 0 Å². The van der Waals surface area contributed by atoms with Crippen LogP contribution >= 0.6 is 0 Å². The molecule has 0 spiro atoms. The minimum atomic E-state index is -0.888. The molecule has 1 fully saturated rings. The molecule has 1 saturated heterocycles. The van der Waals surface area contributed by atoms with E-state index in [0.29, 0.717) is 6.42 Å². The Labute approximate surface area is 240 Å². The third-order valence-electron chi connectivity index (χ3n) is 6.51. The van der Waals surface area contributed by atoms with Gasteiger partial charge in [0.15, 0.2) is 5.78 Å². The number of nitrogens with one attached hydrogen (secondary N) is 2. The lowest BCUT2D eigenvalue weighted by Crippen LogP contribution is -2.57. The maximum atomic E-state index is 13.0. The van der Waals surface area contributed by atoms with Gasteiger partial charge in [0.1, 0.15) is 25.8 Å². The van der Waals surface area contributed by atoms with Crippen molar-refractivity contribution in [1.29, 1.82) is 0 Å². The van der Waals surface area contributed by atoms with Crippen LogP contribution in [0.15, 0.2) is 60.7 Å². The van der Waals surface area contributed by atoms with E-state index >= 15 is 0 Å². The van der Waals surface area contributed by atoms with E-state index < -0.39 is 36.1 Å². The minimum Gasteiger partial charge on any atom is -0.445 e. The molecule has 11 heteroatoms. The highest BCUT2D eigenvalue weighted by Crippen LogP contribution is 2.12. The normalized spacial score (nSPS) is 15.6. The zero-order valence-electron chi connectivity index (χ0n) is 23.7. The van der Waals surface area contributed by atoms with Gasteiger partial charge in [0.05, 0.1) is 12.6 Å². The molecule has 1 aliphatic rings. The van der Waals surface area contributed by atoms with E-state index in [2.05, 4.69) is 10.6 Å². The van der Waals surface area contributed by atoms with Crippen molar-refractivity contribution in [2.45, 2.75) is 52.0 Å². The van der Waals surface area contributed by atoms with Gasteiger partial charge in [-0.1, -0.05) is 74.5 Å². The summed E-state index contributed by atoms with van der Waals surface area (Å²) >= 11 is 0. The first-order chi connectivity index (χ1) is 19.6. The van der Waals surface area contributed by atoms with E-state index in [1.807, 2.05) is 74.5 Å². The number of ether oxygens (including phenoxy) is 2. The Hall–Kier alpha value is -4.41. The second-order valence-corrected chi connectivity index (χ2v) is 10.4. The molecule has 2 atom stereocenters. The van der Waals surface area contributed by atoms with Gasteiger partial charge in [-0.15, -0.1) is 0 Å². The number of hydrogen-bond donors (Lipinski definition) is 2. The lowest BCUT2D eigenvalue weighted by atomic mass is 10.00. The molecule has 4 amide bonds. The Morgan fingerprint density at radius 2 is 1.54 bits per heavy atom. The predicted molar refractivity (Wildman–Crippen MR) is 150 cm³/mol. The second-order valence-electron chi connectivity index (χ2n) is 10.4. The first-order valence-corrected chi connectivity index (χ1v) is 13.6. The third-order valence-corrected chi connectivity index (χ3v) is 6.51. The van der Waals surface area contributed by atoms with Gasteiger partial charge in [-0.05, 0) is 29.9 Å². The number of likely N-dealkylation sites (N-methyl/N-ethyl adjacent to an activating group) is 1. The Morgan fingerprint density at radius 3 is 2.10 bits per heavy atom. The Bertz CT molecular complexity index is 1190. The molecule has 0 saturated carbocycles. The van der Waals surface area contributed by atoms with Gasteiger partial charge < -0.3 is 29.9 Å². The number of rotatable bonds is 11. The molecule has 1 heterocycles. The number of carbonyl (C=O) groups is 5. The van der Waals surface area contributed by atoms with Gasteiger partial charge in [0.2, 0.25) is 11.8 Å². The molecule has 0 aliphatic carbocycles. The van der Waals surface area contributed by atoms with Crippen LogP contribution in [-0.2, 0) is 37.1 Å². The molecule has 2 N–H and O–H groups in total. The Kier molecular flexibility index (Phi) is 11.7. The number of alkyl carbamates (subject to hydrolysis) is 1. The maximum Gasteiger partial charge on any atom is 0.410 e. The standard InChI is InChI=1S/C30H38N4O7/c1-21(2)16-25(32-29(38)40-19-22-10-6-4-7-11-22)28(37)31-24-14-15-34(17-26(24)35)27(36)18-33(3)30(39)41-20-23-12-8-5-9-13-23/h4-13,21,24-25H,14-20H2,1-3H3,(H,31,37)(H,32,38)/t24?,25-/m0/s1. The van der Waals surface area contributed by atoms with E-state index in [1.54, 1.807) is 0 Å². The van der Waals surface area contributed by atoms with Crippen LogP contribution in [0, 0.1) is 5.92 Å². The highest BCUT2D eigenvalue weighted by Gasteiger charge is 2.33. The number of hydrogen-bond acceptors (Lipinski definition) is 7. The fourth-order valence-electron chi connectivity index (χ4n) is 4.27. The lowest BCUT2D eigenvalue weighted by Gasteiger charge is -2.33. The molecule has 0 bridgehead atoms. The van der Waals surface area contributed by atoms with Crippen molar-refractivity contribution in [2.75, 3.05) is 26.7 Å². The van der Waals surface area contributed by atoms with Crippen molar-refractivity contribution in [2.24, 2.45) is 5.92 Å². The molecule has 220 valence electrons. The fourth-order valence-corrected chi connectivity index (χ4v) is 4.27. The highest BCUT2D eigenvalue weighted by molar-refractivity contribution is 5.95. The van der Waals surface area contributed by atoms with E-state index in [0.717, 1.165) is 16.0 Å². The highest BCUT2D eigenvalue weighted by atomic mass is 16.6. The molecule has 2 aromatic rings. The summed E-state index contributed by atoms with van der Waals surface area (Å²) in [4.78, 5) is 65.8. The molecule has 0 radical (unpaired) electrons. The van der Waals surface area contributed by atoms with Crippen LogP contribution in [0.4, 0.5) is 9.59 Å². The monoisotopic (exact) mass is 566 g/mol. The van der Waals surface area contributed by atoms with Gasteiger partial charge in [0, 0.05) is 13.6 Å². The number of likely N-dealkylation sites (tertiary alicyclic amines) is 1. The largest absolute Gasteiger partial charge is 0.445 e. The molecule has 11 nitrogen and oxygen atoms in total. The van der Waals surface area contributed by atoms with Gasteiger partial charge in [-0.3, -0.25) is 14.4 Å². The smallest absolute Gasteiger partial charge is 0.410 e. The van der Waals surface area contributed by atoms with Gasteiger partial charge in [-0.2, -0.15) is 0 Å². The van der Waals surface area contributed by atoms with Crippen LogP contribution in [0.3, 0.4) is 0 Å². The number of ketones is 1. The molecule has 1 unspecified atom stereocenters. The fraction of sp³-hybridized carbons (Fsp3) is 0.433. The zero-order valence-corrected chi connectivity index (χ0v) is 23.7. The number of Topliss-reactive ketones (excluding diaryl/α,β-unsaturated/α-hetero) is 1. The minimum absolute atomic E-state index is 0.0631. The van der Waals surface area contributed by atoms with Crippen molar-refractivity contribution in [3.8, 4) is 0 Å². The summed E-state index contributed by atoms with van der Waals surface area (Å²) in [7, 11) is 1.45. The average Bonchev–Trinajstić information content (AvgIpc) is 2.96. The summed E-state index contributed by atoms with van der Waals surface area (Å²) in [6.45, 7) is 3.76. The van der Waals surface area contributed by atoms with E-state index in [-0.39, 0.29) is 51.0 Å².